The van der Waals surface area contributed by atoms with E-state index in [4.69, 9.17) is 25.8 Å². The minimum absolute atomic E-state index is 0.284. The van der Waals surface area contributed by atoms with Gasteiger partial charge in [-0.15, -0.1) is 0 Å². The molecule has 2 heterocycles. The van der Waals surface area contributed by atoms with Crippen molar-refractivity contribution < 1.29 is 19.0 Å². The van der Waals surface area contributed by atoms with Gasteiger partial charge < -0.3 is 19.5 Å². The van der Waals surface area contributed by atoms with Gasteiger partial charge in [0.05, 0.1) is 48.2 Å². The number of hydrogen-bond acceptors (Lipinski definition) is 7. The van der Waals surface area contributed by atoms with Gasteiger partial charge in [0.2, 0.25) is 0 Å². The van der Waals surface area contributed by atoms with Gasteiger partial charge >= 0.3 is 0 Å². The molecule has 0 spiro atoms. The summed E-state index contributed by atoms with van der Waals surface area (Å²) in [6, 6.07) is 19.2. The maximum atomic E-state index is 13.9. The van der Waals surface area contributed by atoms with Crippen LogP contribution in [-0.4, -0.2) is 31.8 Å². The molecule has 4 aromatic rings. The van der Waals surface area contributed by atoms with Crippen LogP contribution >= 0.6 is 22.9 Å². The Balaban J connectivity index is 1.67. The van der Waals surface area contributed by atoms with Gasteiger partial charge in [-0.2, -0.15) is 0 Å². The first kappa shape index (κ1) is 27.2. The number of rotatable bonds is 7. The highest BCUT2D eigenvalue weighted by Gasteiger charge is 2.32. The van der Waals surface area contributed by atoms with Crippen molar-refractivity contribution in [3.05, 3.63) is 114 Å². The number of methoxy groups -OCH3 is 3. The minimum Gasteiger partial charge on any atom is -0.497 e. The van der Waals surface area contributed by atoms with Gasteiger partial charge in [-0.25, -0.2) is 4.99 Å². The summed E-state index contributed by atoms with van der Waals surface area (Å²) >= 11 is 7.64. The summed E-state index contributed by atoms with van der Waals surface area (Å²) < 4.78 is 18.1. The van der Waals surface area contributed by atoms with Gasteiger partial charge in [-0.05, 0) is 60.5 Å². The van der Waals surface area contributed by atoms with Crippen LogP contribution in [0.1, 0.15) is 24.1 Å². The summed E-state index contributed by atoms with van der Waals surface area (Å²) in [6.45, 7) is 1.78. The number of allylic oxidation sites excluding steroid dienone is 1. The van der Waals surface area contributed by atoms with Gasteiger partial charge in [-0.1, -0.05) is 53.3 Å². The van der Waals surface area contributed by atoms with Crippen molar-refractivity contribution in [3.63, 3.8) is 0 Å². The van der Waals surface area contributed by atoms with E-state index < -0.39 is 6.04 Å². The zero-order valence-electron chi connectivity index (χ0n) is 22.2. The molecule has 10 heteroatoms. The highest BCUT2D eigenvalue weighted by atomic mass is 35.5. The van der Waals surface area contributed by atoms with Crippen LogP contribution in [0.15, 0.2) is 87.8 Å². The van der Waals surface area contributed by atoms with Gasteiger partial charge in [0.15, 0.2) is 16.3 Å². The van der Waals surface area contributed by atoms with E-state index >= 15 is 0 Å². The third-order valence-electron chi connectivity index (χ3n) is 6.48. The number of thiazole rings is 1. The standard InChI is InChI=1S/C30H26ClN3O5S/c1-17-25(28(35)33-20-8-6-5-7-9-20)26(19-10-12-21(37-2)13-11-19)34-29(36)24(40-30(34)32-17)16-18-14-22(31)27(39-4)23(15-18)38-3/h5-16,26H,1-4H3,(H,33,35)/b24-16-. The number of carbonyl (C=O) groups is 1. The van der Waals surface area contributed by atoms with Gasteiger partial charge in [0.25, 0.3) is 11.5 Å². The van der Waals surface area contributed by atoms with Crippen molar-refractivity contribution in [1.29, 1.82) is 0 Å². The Bertz CT molecular complexity index is 1790. The van der Waals surface area contributed by atoms with Crippen LogP contribution in [0.3, 0.4) is 0 Å². The molecule has 0 bridgehead atoms. The van der Waals surface area contributed by atoms with E-state index in [1.165, 1.54) is 25.6 Å². The zero-order valence-corrected chi connectivity index (χ0v) is 23.8. The van der Waals surface area contributed by atoms with E-state index in [2.05, 4.69) is 10.3 Å². The molecular weight excluding hydrogens is 550 g/mol. The molecule has 0 saturated carbocycles. The highest BCUT2D eigenvalue weighted by Crippen LogP contribution is 2.36. The molecule has 0 fully saturated rings. The number of halogens is 1. The number of ether oxygens (including phenoxy) is 3. The van der Waals surface area contributed by atoms with Crippen LogP contribution in [0, 0.1) is 0 Å². The highest BCUT2D eigenvalue weighted by molar-refractivity contribution is 7.07. The van der Waals surface area contributed by atoms with Crippen LogP contribution in [-0.2, 0) is 4.79 Å². The van der Waals surface area contributed by atoms with Crippen LogP contribution in [0.25, 0.3) is 6.08 Å². The molecule has 3 aromatic carbocycles. The van der Waals surface area contributed by atoms with Crippen LogP contribution in [0.5, 0.6) is 17.2 Å². The number of nitrogens with zero attached hydrogens (tertiary/aromatic N) is 2. The second-order valence-electron chi connectivity index (χ2n) is 8.91. The lowest BCUT2D eigenvalue weighted by molar-refractivity contribution is -0.113. The Morgan fingerprint density at radius 2 is 1.75 bits per heavy atom. The molecular formula is C30H26ClN3O5S. The molecule has 1 aliphatic heterocycles. The number of carbonyl (C=O) groups excluding carboxylic acids is 1. The van der Waals surface area contributed by atoms with E-state index in [1.807, 2.05) is 30.3 Å². The summed E-state index contributed by atoms with van der Waals surface area (Å²) in [7, 11) is 4.61. The Morgan fingerprint density at radius 1 is 1.02 bits per heavy atom. The number of fused-ring (bicyclic) bond motifs is 1. The van der Waals surface area contributed by atoms with E-state index in [0.717, 1.165) is 5.56 Å². The quantitative estimate of drug-likeness (QED) is 0.349. The number of hydrogen-bond donors (Lipinski definition) is 1. The topological polar surface area (TPSA) is 91.2 Å². The van der Waals surface area contributed by atoms with E-state index in [-0.39, 0.29) is 11.5 Å². The molecule has 0 radical (unpaired) electrons. The van der Waals surface area contributed by atoms with Crippen LogP contribution in [0.4, 0.5) is 5.69 Å². The second kappa shape index (κ2) is 11.4. The predicted molar refractivity (Wildman–Crippen MR) is 156 cm³/mol. The molecule has 1 aromatic heterocycles. The lowest BCUT2D eigenvalue weighted by atomic mass is 9.95. The van der Waals surface area contributed by atoms with Crippen molar-refractivity contribution >= 4 is 40.6 Å². The van der Waals surface area contributed by atoms with E-state index in [1.54, 1.807) is 61.1 Å². The SMILES string of the molecule is COc1ccc(C2C(C(=O)Nc3ccccc3)=C(C)N=c3s/c(=C\c4cc(Cl)c(OC)c(OC)c4)c(=O)n32)cc1. The number of nitrogens with one attached hydrogen (secondary N) is 1. The average Bonchev–Trinajstić information content (AvgIpc) is 3.26. The minimum atomic E-state index is -0.706. The summed E-state index contributed by atoms with van der Waals surface area (Å²) in [6.07, 6.45) is 1.73. The first-order valence-electron chi connectivity index (χ1n) is 12.3. The molecule has 5 rings (SSSR count). The molecule has 1 unspecified atom stereocenters. The first-order chi connectivity index (χ1) is 19.3. The van der Waals surface area contributed by atoms with Gasteiger partial charge in [0.1, 0.15) is 5.75 Å². The molecule has 1 aliphatic rings. The number of aromatic nitrogens is 1. The smallest absolute Gasteiger partial charge is 0.271 e. The fourth-order valence-electron chi connectivity index (χ4n) is 4.61. The normalized spacial score (nSPS) is 14.8. The van der Waals surface area contributed by atoms with E-state index in [9.17, 15) is 9.59 Å². The molecule has 1 N–H and O–H groups in total. The Morgan fingerprint density at radius 3 is 2.40 bits per heavy atom. The molecule has 1 atom stereocenters. The van der Waals surface area contributed by atoms with Crippen molar-refractivity contribution in [2.24, 2.45) is 4.99 Å². The predicted octanol–water partition coefficient (Wildman–Crippen LogP) is 4.55. The van der Waals surface area contributed by atoms with Crippen molar-refractivity contribution in [1.82, 2.24) is 4.57 Å². The maximum Gasteiger partial charge on any atom is 0.271 e. The molecule has 0 aliphatic carbocycles. The Hall–Kier alpha value is -4.34. The van der Waals surface area contributed by atoms with Gasteiger partial charge in [0, 0.05) is 5.69 Å². The monoisotopic (exact) mass is 575 g/mol. The van der Waals surface area contributed by atoms with Crippen molar-refractivity contribution in [2.45, 2.75) is 13.0 Å². The maximum absolute atomic E-state index is 13.9. The average molecular weight is 576 g/mol. The van der Waals surface area contributed by atoms with Gasteiger partial charge in [-0.3, -0.25) is 14.2 Å². The molecule has 204 valence electrons. The Kier molecular flexibility index (Phi) is 7.77. The van der Waals surface area contributed by atoms with E-state index in [0.29, 0.717) is 54.1 Å². The fraction of sp³-hybridized carbons (Fsp3) is 0.167. The fourth-order valence-corrected chi connectivity index (χ4v) is 5.95. The molecule has 40 heavy (non-hydrogen) atoms. The number of amides is 1. The van der Waals surface area contributed by atoms with Crippen LogP contribution < -0.4 is 34.4 Å². The lowest BCUT2D eigenvalue weighted by Crippen LogP contribution is -2.40. The number of para-hydroxylation sites is 1. The Labute approximate surface area is 239 Å². The number of benzene rings is 3. The largest absolute Gasteiger partial charge is 0.497 e. The summed E-state index contributed by atoms with van der Waals surface area (Å²) in [5.41, 5.74) is 2.66. The zero-order chi connectivity index (χ0) is 28.4. The number of anilines is 1. The first-order valence-corrected chi connectivity index (χ1v) is 13.5. The third-order valence-corrected chi connectivity index (χ3v) is 7.75. The van der Waals surface area contributed by atoms with Crippen LogP contribution in [0.2, 0.25) is 5.02 Å². The second-order valence-corrected chi connectivity index (χ2v) is 10.3. The summed E-state index contributed by atoms with van der Waals surface area (Å²) in [5, 5.41) is 3.30. The summed E-state index contributed by atoms with van der Waals surface area (Å²) in [4.78, 5) is 32.8. The van der Waals surface area contributed by atoms with Crippen molar-refractivity contribution in [3.8, 4) is 17.2 Å². The third kappa shape index (κ3) is 5.13. The molecule has 0 saturated heterocycles. The molecule has 8 nitrogen and oxygen atoms in total. The van der Waals surface area contributed by atoms with Crippen molar-refractivity contribution in [2.75, 3.05) is 26.6 Å². The molecule has 1 amide bonds. The lowest BCUT2D eigenvalue weighted by Gasteiger charge is -2.25. The summed E-state index contributed by atoms with van der Waals surface area (Å²) in [5.74, 6) is 1.18.